The third-order valence-electron chi connectivity index (χ3n) is 4.99. The SMILES string of the molecule is C/N=C(/N)S[C@@]1(CF)C[C@H]1c1cc(NC(=O)c2ncc(OCC(F)(F)F)nc2C)cc(F)c1F. The summed E-state index contributed by atoms with van der Waals surface area (Å²) in [5.74, 6) is -4.44. The second-order valence-corrected chi connectivity index (χ2v) is 8.92. The first-order chi connectivity index (χ1) is 15.9. The van der Waals surface area contributed by atoms with E-state index in [9.17, 15) is 31.1 Å². The summed E-state index contributed by atoms with van der Waals surface area (Å²) >= 11 is 0.932. The van der Waals surface area contributed by atoms with Crippen LogP contribution in [-0.4, -0.2) is 52.3 Å². The Hall–Kier alpha value is -3.03. The van der Waals surface area contributed by atoms with Crippen LogP contribution >= 0.6 is 11.8 Å². The van der Waals surface area contributed by atoms with Gasteiger partial charge in [-0.15, -0.1) is 0 Å². The van der Waals surface area contributed by atoms with Crippen LogP contribution in [0.15, 0.2) is 23.3 Å². The third-order valence-corrected chi connectivity index (χ3v) is 6.35. The van der Waals surface area contributed by atoms with Crippen molar-refractivity contribution in [1.82, 2.24) is 9.97 Å². The van der Waals surface area contributed by atoms with Gasteiger partial charge in [-0.3, -0.25) is 9.79 Å². The van der Waals surface area contributed by atoms with E-state index in [4.69, 9.17) is 5.73 Å². The van der Waals surface area contributed by atoms with Gasteiger partial charge in [-0.05, 0) is 25.0 Å². The molecule has 14 heteroatoms. The minimum Gasteiger partial charge on any atom is -0.467 e. The summed E-state index contributed by atoms with van der Waals surface area (Å²) in [6.45, 7) is -1.12. The van der Waals surface area contributed by atoms with Crippen LogP contribution in [0.5, 0.6) is 5.88 Å². The largest absolute Gasteiger partial charge is 0.467 e. The van der Waals surface area contributed by atoms with Gasteiger partial charge in [0.15, 0.2) is 23.4 Å². The highest BCUT2D eigenvalue weighted by Crippen LogP contribution is 2.61. The molecule has 0 aliphatic heterocycles. The normalized spacial score (nSPS) is 20.2. The Morgan fingerprint density at radius 1 is 1.38 bits per heavy atom. The van der Waals surface area contributed by atoms with E-state index in [0.717, 1.165) is 24.0 Å². The van der Waals surface area contributed by atoms with Crippen molar-refractivity contribution in [1.29, 1.82) is 0 Å². The number of amidine groups is 1. The Bertz CT molecular complexity index is 1130. The van der Waals surface area contributed by atoms with E-state index in [-0.39, 0.29) is 34.2 Å². The number of carbonyl (C=O) groups is 1. The Labute approximate surface area is 194 Å². The van der Waals surface area contributed by atoms with E-state index in [0.29, 0.717) is 0 Å². The zero-order chi connectivity index (χ0) is 25.3. The number of nitrogens with one attached hydrogen (secondary N) is 1. The summed E-state index contributed by atoms with van der Waals surface area (Å²) in [6.07, 6.45) is -3.56. The lowest BCUT2D eigenvalue weighted by molar-refractivity contribution is -0.154. The molecule has 1 aromatic heterocycles. The van der Waals surface area contributed by atoms with Crippen molar-refractivity contribution in [3.8, 4) is 5.88 Å². The second kappa shape index (κ2) is 9.68. The molecule has 0 bridgehead atoms. The van der Waals surface area contributed by atoms with Crippen LogP contribution in [0.25, 0.3) is 0 Å². The molecule has 0 saturated heterocycles. The molecule has 3 N–H and O–H groups in total. The number of rotatable bonds is 7. The molecule has 1 aliphatic carbocycles. The maximum absolute atomic E-state index is 14.5. The molecule has 1 aromatic carbocycles. The highest BCUT2D eigenvalue weighted by molar-refractivity contribution is 8.15. The maximum Gasteiger partial charge on any atom is 0.422 e. The van der Waals surface area contributed by atoms with Crippen LogP contribution in [-0.2, 0) is 0 Å². The van der Waals surface area contributed by atoms with Crippen LogP contribution in [0.4, 0.5) is 32.0 Å². The number of carbonyl (C=O) groups excluding carboxylic acids is 1. The molecule has 7 nitrogen and oxygen atoms in total. The number of nitrogens with two attached hydrogens (primary N) is 1. The molecule has 0 unspecified atom stereocenters. The zero-order valence-electron chi connectivity index (χ0n) is 17.8. The van der Waals surface area contributed by atoms with Crippen molar-refractivity contribution >= 4 is 28.5 Å². The minimum atomic E-state index is -4.58. The van der Waals surface area contributed by atoms with Gasteiger partial charge in [0.1, 0.15) is 12.4 Å². The van der Waals surface area contributed by atoms with Gasteiger partial charge in [-0.25, -0.2) is 23.1 Å². The molecule has 2 aromatic rings. The number of benzene rings is 1. The number of amides is 1. The van der Waals surface area contributed by atoms with Crippen molar-refractivity contribution in [2.24, 2.45) is 10.7 Å². The molecule has 1 aliphatic rings. The Balaban J connectivity index is 1.79. The van der Waals surface area contributed by atoms with Crippen molar-refractivity contribution in [2.75, 3.05) is 25.6 Å². The van der Waals surface area contributed by atoms with Gasteiger partial charge in [0.2, 0.25) is 5.88 Å². The van der Waals surface area contributed by atoms with Crippen LogP contribution in [0, 0.1) is 18.6 Å². The van der Waals surface area contributed by atoms with Gasteiger partial charge in [0, 0.05) is 24.7 Å². The molecule has 184 valence electrons. The average molecular weight is 507 g/mol. The van der Waals surface area contributed by atoms with E-state index in [1.807, 2.05) is 0 Å². The fraction of sp³-hybridized carbons (Fsp3) is 0.400. The number of anilines is 1. The van der Waals surface area contributed by atoms with Crippen LogP contribution in [0.2, 0.25) is 0 Å². The molecular formula is C20H19F6N5O2S. The first-order valence-corrected chi connectivity index (χ1v) is 10.5. The minimum absolute atomic E-state index is 0.0515. The van der Waals surface area contributed by atoms with Crippen LogP contribution in [0.3, 0.4) is 0 Å². The number of halogens is 6. The molecular weight excluding hydrogens is 488 g/mol. The monoisotopic (exact) mass is 507 g/mol. The van der Waals surface area contributed by atoms with Gasteiger partial charge in [0.05, 0.1) is 16.6 Å². The number of aryl methyl sites for hydroxylation is 1. The van der Waals surface area contributed by atoms with Gasteiger partial charge in [0.25, 0.3) is 5.91 Å². The van der Waals surface area contributed by atoms with Gasteiger partial charge in [-0.2, -0.15) is 13.2 Å². The molecule has 1 amide bonds. The lowest BCUT2D eigenvalue weighted by Gasteiger charge is -2.14. The number of ether oxygens (including phenoxy) is 1. The molecule has 3 rings (SSSR count). The highest BCUT2D eigenvalue weighted by Gasteiger charge is 2.57. The van der Waals surface area contributed by atoms with Crippen molar-refractivity contribution in [3.05, 3.63) is 46.9 Å². The summed E-state index contributed by atoms with van der Waals surface area (Å²) in [6, 6.07) is 1.93. The number of aliphatic imine (C=N–C) groups is 1. The fourth-order valence-corrected chi connectivity index (χ4v) is 4.34. The quantitative estimate of drug-likeness (QED) is 0.332. The summed E-state index contributed by atoms with van der Waals surface area (Å²) in [4.78, 5) is 23.8. The van der Waals surface area contributed by atoms with E-state index >= 15 is 0 Å². The standard InChI is InChI=1S/C20H19F6N5O2S/c1-9-16(29-6-14(30-9)33-8-20(24,25)26)17(32)31-10-3-11(15(23)13(22)4-10)12-5-19(12,7-21)34-18(27)28-2/h3-4,6,12H,5,7-8H2,1-2H3,(H2,27,28)(H,31,32)/t12-,19+/m0/s1. The molecule has 34 heavy (non-hydrogen) atoms. The predicted octanol–water partition coefficient (Wildman–Crippen LogP) is 4.13. The summed E-state index contributed by atoms with van der Waals surface area (Å²) in [5.41, 5.74) is 5.07. The number of nitrogens with zero attached hydrogens (tertiary/aromatic N) is 3. The van der Waals surface area contributed by atoms with E-state index < -0.39 is 53.5 Å². The van der Waals surface area contributed by atoms with Gasteiger partial charge in [-0.1, -0.05) is 11.8 Å². The topological polar surface area (TPSA) is 102 Å². The Morgan fingerprint density at radius 3 is 2.68 bits per heavy atom. The van der Waals surface area contributed by atoms with E-state index in [2.05, 4.69) is 25.0 Å². The van der Waals surface area contributed by atoms with Gasteiger partial charge >= 0.3 is 6.18 Å². The first kappa shape index (κ1) is 25.6. The average Bonchev–Trinajstić information content (AvgIpc) is 3.47. The van der Waals surface area contributed by atoms with Crippen molar-refractivity contribution in [3.63, 3.8) is 0 Å². The summed E-state index contributed by atoms with van der Waals surface area (Å²) in [7, 11) is 1.42. The molecule has 1 heterocycles. The van der Waals surface area contributed by atoms with E-state index in [1.165, 1.54) is 20.0 Å². The molecule has 1 fully saturated rings. The lowest BCUT2D eigenvalue weighted by Crippen LogP contribution is -2.21. The third kappa shape index (κ3) is 5.72. The number of hydrogen-bond donors (Lipinski definition) is 2. The fourth-order valence-electron chi connectivity index (χ4n) is 3.26. The molecule has 0 radical (unpaired) electrons. The molecule has 0 spiro atoms. The lowest BCUT2D eigenvalue weighted by atomic mass is 10.1. The number of aromatic nitrogens is 2. The summed E-state index contributed by atoms with van der Waals surface area (Å²) < 4.78 is 82.7. The second-order valence-electron chi connectivity index (χ2n) is 7.48. The first-order valence-electron chi connectivity index (χ1n) is 9.70. The number of hydrogen-bond acceptors (Lipinski definition) is 6. The Morgan fingerprint density at radius 2 is 2.09 bits per heavy atom. The van der Waals surface area contributed by atoms with Gasteiger partial charge < -0.3 is 15.8 Å². The predicted molar refractivity (Wildman–Crippen MR) is 114 cm³/mol. The highest BCUT2D eigenvalue weighted by atomic mass is 32.2. The van der Waals surface area contributed by atoms with Crippen LogP contribution < -0.4 is 15.8 Å². The number of alkyl halides is 4. The molecule has 2 atom stereocenters. The smallest absolute Gasteiger partial charge is 0.422 e. The zero-order valence-corrected chi connectivity index (χ0v) is 18.7. The van der Waals surface area contributed by atoms with Crippen molar-refractivity contribution in [2.45, 2.75) is 30.2 Å². The summed E-state index contributed by atoms with van der Waals surface area (Å²) in [5, 5.41) is 2.44. The Kier molecular flexibility index (Phi) is 7.29. The maximum atomic E-state index is 14.5. The van der Waals surface area contributed by atoms with Crippen molar-refractivity contribution < 1.29 is 35.9 Å². The van der Waals surface area contributed by atoms with Crippen LogP contribution in [0.1, 0.15) is 34.1 Å². The molecule has 1 saturated carbocycles. The number of thioether (sulfide) groups is 1. The van der Waals surface area contributed by atoms with E-state index in [1.54, 1.807) is 0 Å².